The maximum atomic E-state index is 13.7. The smallest absolute Gasteiger partial charge is 0.144 e. The van der Waals surface area contributed by atoms with E-state index in [1.807, 2.05) is 60.7 Å². The third-order valence-electron chi connectivity index (χ3n) is 6.06. The normalized spacial score (nSPS) is 11.1. The van der Waals surface area contributed by atoms with Gasteiger partial charge in [-0.05, 0) is 47.0 Å². The van der Waals surface area contributed by atoms with Crippen molar-refractivity contribution in [2.24, 2.45) is 0 Å². The molecule has 160 valence electrons. The van der Waals surface area contributed by atoms with Gasteiger partial charge in [-0.3, -0.25) is 4.98 Å². The number of pyridine rings is 1. The zero-order valence-corrected chi connectivity index (χ0v) is 18.0. The van der Waals surface area contributed by atoms with E-state index in [2.05, 4.69) is 35.3 Å². The van der Waals surface area contributed by atoms with Crippen molar-refractivity contribution in [1.29, 1.82) is 5.26 Å². The number of nitrogens with zero attached hydrogens (tertiary/aromatic N) is 2. The van der Waals surface area contributed by atoms with E-state index >= 15 is 0 Å². The molecule has 4 aromatic carbocycles. The zero-order chi connectivity index (χ0) is 23.1. The Kier molecular flexibility index (Phi) is 4.67. The Morgan fingerprint density at radius 1 is 0.706 bits per heavy atom. The number of nitriles is 1. The molecule has 0 radical (unpaired) electrons. The largest absolute Gasteiger partial charge is 0.455 e. The Morgan fingerprint density at radius 3 is 2.18 bits per heavy atom. The Bertz CT molecular complexity index is 1710. The minimum atomic E-state index is -0.338. The lowest BCUT2D eigenvalue weighted by Gasteiger charge is -2.07. The molecule has 0 fully saturated rings. The first-order valence-electron chi connectivity index (χ1n) is 10.9. The van der Waals surface area contributed by atoms with Gasteiger partial charge in [0.2, 0.25) is 0 Å². The van der Waals surface area contributed by atoms with Crippen LogP contribution in [0.25, 0.3) is 55.4 Å². The van der Waals surface area contributed by atoms with Crippen LogP contribution in [-0.4, -0.2) is 4.98 Å². The van der Waals surface area contributed by atoms with Crippen LogP contribution in [0, 0.1) is 17.1 Å². The number of hydrogen-bond donors (Lipinski definition) is 0. The molecule has 6 aromatic rings. The zero-order valence-electron chi connectivity index (χ0n) is 18.0. The fourth-order valence-corrected chi connectivity index (χ4v) is 4.40. The highest BCUT2D eigenvalue weighted by molar-refractivity contribution is 6.11. The third kappa shape index (κ3) is 3.32. The molecule has 4 heteroatoms. The van der Waals surface area contributed by atoms with Gasteiger partial charge in [-0.1, -0.05) is 60.7 Å². The molecule has 0 saturated heterocycles. The second-order valence-electron chi connectivity index (χ2n) is 8.09. The Morgan fingerprint density at radius 2 is 1.41 bits per heavy atom. The minimum Gasteiger partial charge on any atom is -0.455 e. The van der Waals surface area contributed by atoms with E-state index in [1.54, 1.807) is 0 Å². The molecule has 0 saturated carbocycles. The molecule has 0 bridgehead atoms. The maximum Gasteiger partial charge on any atom is 0.144 e. The Labute approximate surface area is 195 Å². The van der Waals surface area contributed by atoms with Crippen LogP contribution < -0.4 is 0 Å². The number of furan rings is 1. The molecule has 0 aliphatic heterocycles. The van der Waals surface area contributed by atoms with Gasteiger partial charge in [0.1, 0.15) is 17.0 Å². The summed E-state index contributed by atoms with van der Waals surface area (Å²) in [6.07, 6.45) is 1.45. The lowest BCUT2D eigenvalue weighted by molar-refractivity contribution is 0.626. The van der Waals surface area contributed by atoms with Gasteiger partial charge in [-0.2, -0.15) is 5.26 Å². The first kappa shape index (κ1) is 19.9. The van der Waals surface area contributed by atoms with Gasteiger partial charge in [-0.25, -0.2) is 4.39 Å². The number of halogens is 1. The molecular formula is C30H17FN2O. The SMILES string of the molecule is N#Cc1ccc2c(oc3cc(-c4cc(F)ccn4)ccc32)c1-c1ccc(-c2ccccc2)cc1. The fraction of sp³-hybridized carbons (Fsp3) is 0. The monoisotopic (exact) mass is 440 g/mol. The predicted octanol–water partition coefficient (Wildman–Crippen LogP) is 7.99. The van der Waals surface area contributed by atoms with Crippen molar-refractivity contribution < 1.29 is 8.81 Å². The van der Waals surface area contributed by atoms with E-state index in [4.69, 9.17) is 4.42 Å². The van der Waals surface area contributed by atoms with E-state index in [9.17, 15) is 9.65 Å². The molecule has 0 spiro atoms. The average Bonchev–Trinajstić information content (AvgIpc) is 3.26. The Balaban J connectivity index is 1.52. The molecule has 0 amide bonds. The first-order valence-corrected chi connectivity index (χ1v) is 10.9. The van der Waals surface area contributed by atoms with E-state index in [0.29, 0.717) is 22.4 Å². The third-order valence-corrected chi connectivity index (χ3v) is 6.06. The molecule has 0 aliphatic carbocycles. The first-order chi connectivity index (χ1) is 16.7. The molecule has 0 atom stereocenters. The molecule has 34 heavy (non-hydrogen) atoms. The number of hydrogen-bond acceptors (Lipinski definition) is 3. The summed E-state index contributed by atoms with van der Waals surface area (Å²) < 4.78 is 20.0. The van der Waals surface area contributed by atoms with Gasteiger partial charge >= 0.3 is 0 Å². The van der Waals surface area contributed by atoms with Crippen LogP contribution >= 0.6 is 0 Å². The average molecular weight is 440 g/mol. The standard InChI is InChI=1S/C30H17FN2O/c31-24-14-15-33-27(17-24)22-10-12-25-26-13-11-23(18-32)29(30(26)34-28(25)16-22)21-8-6-20(7-9-21)19-4-2-1-3-5-19/h1-17H. The molecule has 0 aliphatic rings. The minimum absolute atomic E-state index is 0.338. The number of rotatable bonds is 3. The second kappa shape index (κ2) is 7.99. The summed E-state index contributed by atoms with van der Waals surface area (Å²) in [7, 11) is 0. The maximum absolute atomic E-state index is 13.7. The summed E-state index contributed by atoms with van der Waals surface area (Å²) >= 11 is 0. The van der Waals surface area contributed by atoms with Crippen LogP contribution in [0.5, 0.6) is 0 Å². The van der Waals surface area contributed by atoms with E-state index in [1.165, 1.54) is 18.3 Å². The fourth-order valence-electron chi connectivity index (χ4n) is 4.40. The van der Waals surface area contributed by atoms with Crippen LogP contribution in [-0.2, 0) is 0 Å². The van der Waals surface area contributed by atoms with Crippen molar-refractivity contribution >= 4 is 21.9 Å². The lowest BCUT2D eigenvalue weighted by Crippen LogP contribution is -1.86. The highest BCUT2D eigenvalue weighted by atomic mass is 19.1. The summed E-state index contributed by atoms with van der Waals surface area (Å²) in [4.78, 5) is 4.27. The molecule has 2 heterocycles. The Hall–Kier alpha value is -4.75. The lowest BCUT2D eigenvalue weighted by atomic mass is 9.95. The second-order valence-corrected chi connectivity index (χ2v) is 8.09. The van der Waals surface area contributed by atoms with Crippen LogP contribution in [0.3, 0.4) is 0 Å². The van der Waals surface area contributed by atoms with Gasteiger partial charge in [0.25, 0.3) is 0 Å². The molecule has 2 aromatic heterocycles. The van der Waals surface area contributed by atoms with E-state index in [-0.39, 0.29) is 5.82 Å². The quantitative estimate of drug-likeness (QED) is 0.280. The summed E-state index contributed by atoms with van der Waals surface area (Å²) in [6.45, 7) is 0. The van der Waals surface area contributed by atoms with E-state index < -0.39 is 0 Å². The van der Waals surface area contributed by atoms with Gasteiger partial charge in [0.05, 0.1) is 17.3 Å². The summed E-state index contributed by atoms with van der Waals surface area (Å²) in [6, 6.07) is 32.8. The van der Waals surface area contributed by atoms with Crippen molar-refractivity contribution in [1.82, 2.24) is 4.98 Å². The van der Waals surface area contributed by atoms with Crippen molar-refractivity contribution in [2.75, 3.05) is 0 Å². The molecular weight excluding hydrogens is 423 g/mol. The molecule has 0 unspecified atom stereocenters. The summed E-state index contributed by atoms with van der Waals surface area (Å²) in [5.41, 5.74) is 7.08. The van der Waals surface area contributed by atoms with Crippen molar-refractivity contribution in [2.45, 2.75) is 0 Å². The van der Waals surface area contributed by atoms with Crippen LogP contribution in [0.1, 0.15) is 5.56 Å². The number of benzene rings is 4. The van der Waals surface area contributed by atoms with Crippen molar-refractivity contribution in [3.63, 3.8) is 0 Å². The number of aromatic nitrogens is 1. The molecule has 6 rings (SSSR count). The van der Waals surface area contributed by atoms with Gasteiger partial charge < -0.3 is 4.42 Å². The summed E-state index contributed by atoms with van der Waals surface area (Å²) in [5, 5.41) is 11.7. The van der Waals surface area contributed by atoms with Crippen LogP contribution in [0.15, 0.2) is 108 Å². The van der Waals surface area contributed by atoms with Gasteiger partial charge in [-0.15, -0.1) is 0 Å². The van der Waals surface area contributed by atoms with Crippen LogP contribution in [0.2, 0.25) is 0 Å². The van der Waals surface area contributed by atoms with E-state index in [0.717, 1.165) is 38.6 Å². The highest BCUT2D eigenvalue weighted by Crippen LogP contribution is 2.39. The van der Waals surface area contributed by atoms with Crippen molar-refractivity contribution in [3.8, 4) is 39.6 Å². The van der Waals surface area contributed by atoms with Crippen LogP contribution in [0.4, 0.5) is 4.39 Å². The number of fused-ring (bicyclic) bond motifs is 3. The van der Waals surface area contributed by atoms with Gasteiger partial charge in [0.15, 0.2) is 0 Å². The topological polar surface area (TPSA) is 49.8 Å². The molecule has 0 N–H and O–H groups in total. The molecule has 3 nitrogen and oxygen atoms in total. The predicted molar refractivity (Wildman–Crippen MR) is 132 cm³/mol. The van der Waals surface area contributed by atoms with Gasteiger partial charge in [0, 0.05) is 34.2 Å². The summed E-state index contributed by atoms with van der Waals surface area (Å²) in [5.74, 6) is -0.338. The van der Waals surface area contributed by atoms with Crippen molar-refractivity contribution in [3.05, 3.63) is 115 Å². The highest BCUT2D eigenvalue weighted by Gasteiger charge is 2.17.